The molecule has 3 N–H and O–H groups in total. The molecule has 1 rings (SSSR count). The molecule has 1 aromatic carbocycles. The smallest absolute Gasteiger partial charge is 0.428 e. The number of hydrazine groups is 1. The summed E-state index contributed by atoms with van der Waals surface area (Å²) < 4.78 is 91.2. The van der Waals surface area contributed by atoms with Crippen molar-refractivity contribution in [1.29, 1.82) is 0 Å². The first kappa shape index (κ1) is 19.5. The third-order valence-electron chi connectivity index (χ3n) is 2.86. The molecule has 0 radical (unpaired) electrons. The molecule has 0 saturated heterocycles. The van der Waals surface area contributed by atoms with E-state index in [1.165, 1.54) is 6.07 Å². The monoisotopic (exact) mass is 350 g/mol. The Morgan fingerprint density at radius 1 is 1.22 bits per heavy atom. The summed E-state index contributed by atoms with van der Waals surface area (Å²) >= 11 is 0. The normalized spacial score (nSPS) is 15.8. The van der Waals surface area contributed by atoms with Crippen molar-refractivity contribution in [2.45, 2.75) is 37.9 Å². The lowest BCUT2D eigenvalue weighted by Gasteiger charge is -2.34. The van der Waals surface area contributed by atoms with Crippen LogP contribution in [0.3, 0.4) is 0 Å². The van der Waals surface area contributed by atoms with Crippen molar-refractivity contribution in [3.63, 3.8) is 0 Å². The van der Waals surface area contributed by atoms with Crippen molar-refractivity contribution in [1.82, 2.24) is 5.01 Å². The molecule has 1 aromatic rings. The van der Waals surface area contributed by atoms with Crippen LogP contribution in [0.1, 0.15) is 12.5 Å². The first-order valence-corrected chi connectivity index (χ1v) is 6.02. The molecular weight excluding hydrogens is 337 g/mol. The Morgan fingerprint density at radius 3 is 2.26 bits per heavy atom. The van der Waals surface area contributed by atoms with E-state index in [2.05, 4.69) is 4.74 Å². The summed E-state index contributed by atoms with van der Waals surface area (Å²) in [5.74, 6) is 4.46. The molecule has 23 heavy (non-hydrogen) atoms. The molecule has 0 bridgehead atoms. The molecular formula is C12H13F7N2O2. The average molecular weight is 350 g/mol. The summed E-state index contributed by atoms with van der Waals surface area (Å²) in [4.78, 5) is 0. The number of hydrogen-bond donors (Lipinski definition) is 2. The van der Waals surface area contributed by atoms with Gasteiger partial charge in [0.15, 0.2) is 0 Å². The highest BCUT2D eigenvalue weighted by Gasteiger charge is 2.53. The van der Waals surface area contributed by atoms with Crippen molar-refractivity contribution in [3.05, 3.63) is 29.8 Å². The fraction of sp³-hybridized carbons (Fsp3) is 0.500. The van der Waals surface area contributed by atoms with Crippen LogP contribution in [-0.4, -0.2) is 34.6 Å². The summed E-state index contributed by atoms with van der Waals surface area (Å²) in [6.07, 6.45) is -13.9. The second kappa shape index (κ2) is 6.49. The molecule has 1 unspecified atom stereocenters. The summed E-state index contributed by atoms with van der Waals surface area (Å²) in [5.41, 5.74) is -3.45. The van der Waals surface area contributed by atoms with E-state index in [-0.39, 0.29) is 10.6 Å². The molecule has 11 heteroatoms. The summed E-state index contributed by atoms with van der Waals surface area (Å²) in [6.45, 7) is -0.303. The fourth-order valence-corrected chi connectivity index (χ4v) is 1.42. The highest BCUT2D eigenvalue weighted by molar-refractivity contribution is 5.28. The van der Waals surface area contributed by atoms with E-state index in [9.17, 15) is 35.8 Å². The molecule has 0 aromatic heterocycles. The molecule has 0 fully saturated rings. The van der Waals surface area contributed by atoms with Crippen LogP contribution < -0.4 is 10.6 Å². The van der Waals surface area contributed by atoms with Crippen molar-refractivity contribution in [2.75, 3.05) is 0 Å². The van der Waals surface area contributed by atoms with Gasteiger partial charge < -0.3 is 9.84 Å². The first-order valence-electron chi connectivity index (χ1n) is 6.02. The number of rotatable bonds is 6. The van der Waals surface area contributed by atoms with Gasteiger partial charge in [-0.3, -0.25) is 5.84 Å². The molecule has 1 atom stereocenters. The molecule has 0 aliphatic heterocycles. The minimum atomic E-state index is -5.07. The topological polar surface area (TPSA) is 58.7 Å². The van der Waals surface area contributed by atoms with E-state index >= 15 is 0 Å². The van der Waals surface area contributed by atoms with Crippen LogP contribution in [0.2, 0.25) is 0 Å². The lowest BCUT2D eigenvalue weighted by molar-refractivity contribution is -0.311. The molecule has 0 aliphatic carbocycles. The maximum absolute atomic E-state index is 12.8. The van der Waals surface area contributed by atoms with Crippen LogP contribution >= 0.6 is 0 Å². The molecule has 0 saturated carbocycles. The quantitative estimate of drug-likeness (QED) is 0.359. The maximum atomic E-state index is 12.8. The van der Waals surface area contributed by atoms with E-state index in [4.69, 9.17) is 5.84 Å². The van der Waals surface area contributed by atoms with Crippen molar-refractivity contribution in [2.24, 2.45) is 5.84 Å². The van der Waals surface area contributed by atoms with Crippen LogP contribution in [0.5, 0.6) is 5.75 Å². The van der Waals surface area contributed by atoms with Gasteiger partial charge in [0.05, 0.1) is 0 Å². The van der Waals surface area contributed by atoms with Gasteiger partial charge in [-0.2, -0.15) is 30.7 Å². The standard InChI is InChI=1S/C12H13F7N2O2/c1-10(22,12(17,18)19)21(20)6-7-3-2-4-8(5-7)23-11(15,16)9(13)14/h2-5,9,22H,6,20H2,1H3. The minimum absolute atomic E-state index is 0.0252. The Bertz CT molecular complexity index is 534. The number of hydrogen-bond acceptors (Lipinski definition) is 4. The van der Waals surface area contributed by atoms with Gasteiger partial charge in [-0.05, 0) is 24.6 Å². The molecule has 0 heterocycles. The lowest BCUT2D eigenvalue weighted by atomic mass is 10.1. The number of nitrogens with two attached hydrogens (primary N) is 1. The average Bonchev–Trinajstić information content (AvgIpc) is 2.36. The number of benzene rings is 1. The van der Waals surface area contributed by atoms with Gasteiger partial charge in [-0.25, -0.2) is 5.01 Å². The maximum Gasteiger partial charge on any atom is 0.461 e. The predicted molar refractivity (Wildman–Crippen MR) is 64.4 cm³/mol. The summed E-state index contributed by atoms with van der Waals surface area (Å²) in [5, 5.41) is 9.36. The predicted octanol–water partition coefficient (Wildman–Crippen LogP) is 2.87. The van der Waals surface area contributed by atoms with E-state index < -0.39 is 36.7 Å². The van der Waals surface area contributed by atoms with E-state index in [1.807, 2.05) is 0 Å². The summed E-state index contributed by atoms with van der Waals surface area (Å²) in [6, 6.07) is 4.02. The molecule has 0 spiro atoms. The zero-order valence-electron chi connectivity index (χ0n) is 11.6. The van der Waals surface area contributed by atoms with E-state index in [1.54, 1.807) is 0 Å². The number of ether oxygens (including phenoxy) is 1. The SMILES string of the molecule is CC(O)(N(N)Cc1cccc(OC(F)(F)C(F)F)c1)C(F)(F)F. The largest absolute Gasteiger partial charge is 0.461 e. The van der Waals surface area contributed by atoms with Crippen molar-refractivity contribution in [3.8, 4) is 5.75 Å². The Hall–Kier alpha value is -1.59. The third-order valence-corrected chi connectivity index (χ3v) is 2.86. The van der Waals surface area contributed by atoms with Gasteiger partial charge in [-0.1, -0.05) is 12.1 Å². The zero-order valence-corrected chi connectivity index (χ0v) is 11.6. The number of aliphatic hydroxyl groups is 1. The third kappa shape index (κ3) is 4.69. The molecule has 132 valence electrons. The Balaban J connectivity index is 2.90. The van der Waals surface area contributed by atoms with Gasteiger partial charge in [0.25, 0.3) is 0 Å². The minimum Gasteiger partial charge on any atom is -0.428 e. The molecule has 0 aliphatic rings. The van der Waals surface area contributed by atoms with Crippen LogP contribution in [0.4, 0.5) is 30.7 Å². The number of nitrogens with zero attached hydrogens (tertiary/aromatic N) is 1. The van der Waals surface area contributed by atoms with E-state index in [0.29, 0.717) is 6.92 Å². The summed E-state index contributed by atoms with van der Waals surface area (Å²) in [7, 11) is 0. The fourth-order valence-electron chi connectivity index (χ4n) is 1.42. The van der Waals surface area contributed by atoms with Gasteiger partial charge in [0.1, 0.15) is 5.75 Å². The van der Waals surface area contributed by atoms with Gasteiger partial charge in [0, 0.05) is 6.54 Å². The Kier molecular flexibility index (Phi) is 5.49. The van der Waals surface area contributed by atoms with Crippen LogP contribution in [0, 0.1) is 0 Å². The zero-order chi connectivity index (χ0) is 18.1. The molecule has 4 nitrogen and oxygen atoms in total. The Morgan fingerprint density at radius 2 is 1.78 bits per heavy atom. The van der Waals surface area contributed by atoms with Gasteiger partial charge >= 0.3 is 18.7 Å². The van der Waals surface area contributed by atoms with Crippen molar-refractivity contribution < 1.29 is 40.6 Å². The van der Waals surface area contributed by atoms with Crippen LogP contribution in [-0.2, 0) is 6.54 Å². The Labute approximate surface area is 126 Å². The second-order valence-corrected chi connectivity index (χ2v) is 4.76. The molecule has 0 amide bonds. The van der Waals surface area contributed by atoms with Gasteiger partial charge in [-0.15, -0.1) is 0 Å². The first-order chi connectivity index (χ1) is 10.3. The van der Waals surface area contributed by atoms with Gasteiger partial charge in [0.2, 0.25) is 5.72 Å². The second-order valence-electron chi connectivity index (χ2n) is 4.76. The highest BCUT2D eigenvalue weighted by Crippen LogP contribution is 2.33. The van der Waals surface area contributed by atoms with Crippen LogP contribution in [0.25, 0.3) is 0 Å². The number of halogens is 7. The lowest BCUT2D eigenvalue weighted by Crippen LogP contribution is -2.59. The van der Waals surface area contributed by atoms with E-state index in [0.717, 1.165) is 18.2 Å². The number of alkyl halides is 7. The van der Waals surface area contributed by atoms with Crippen LogP contribution in [0.15, 0.2) is 24.3 Å². The highest BCUT2D eigenvalue weighted by atomic mass is 19.4. The van der Waals surface area contributed by atoms with Crippen molar-refractivity contribution >= 4 is 0 Å².